The van der Waals surface area contributed by atoms with Gasteiger partial charge >= 0.3 is 5.97 Å². The monoisotopic (exact) mass is 363 g/mol. The first-order valence-electron chi connectivity index (χ1n) is 7.46. The van der Waals surface area contributed by atoms with E-state index in [0.29, 0.717) is 21.2 Å². The van der Waals surface area contributed by atoms with Crippen LogP contribution < -0.4 is 5.32 Å². The van der Waals surface area contributed by atoms with E-state index in [1.54, 1.807) is 30.3 Å². The second-order valence-electron chi connectivity index (χ2n) is 5.59. The third-order valence-electron chi connectivity index (χ3n) is 4.12. The number of nitrogens with one attached hydrogen (secondary N) is 1. The lowest BCUT2D eigenvalue weighted by Crippen LogP contribution is -2.27. The minimum absolute atomic E-state index is 0.174. The molecule has 1 aliphatic rings. The van der Waals surface area contributed by atoms with Crippen LogP contribution in [0.1, 0.15) is 44.3 Å². The van der Waals surface area contributed by atoms with Gasteiger partial charge in [-0.15, -0.1) is 0 Å². The first-order valence-corrected chi connectivity index (χ1v) is 8.22. The molecule has 1 atom stereocenters. The van der Waals surface area contributed by atoms with Crippen molar-refractivity contribution in [3.05, 3.63) is 68.7 Å². The Bertz CT molecular complexity index is 820. The van der Waals surface area contributed by atoms with E-state index in [1.807, 2.05) is 6.07 Å². The Balaban J connectivity index is 1.85. The van der Waals surface area contributed by atoms with Gasteiger partial charge < -0.3 is 10.1 Å². The Hall–Kier alpha value is -2.04. The fourth-order valence-corrected chi connectivity index (χ4v) is 3.28. The molecule has 0 fully saturated rings. The van der Waals surface area contributed by atoms with Crippen LogP contribution in [-0.4, -0.2) is 19.0 Å². The molecule has 1 N–H and O–H groups in total. The zero-order valence-electron chi connectivity index (χ0n) is 12.9. The zero-order chi connectivity index (χ0) is 17.3. The van der Waals surface area contributed by atoms with Crippen LogP contribution in [0.15, 0.2) is 36.4 Å². The van der Waals surface area contributed by atoms with Crippen LogP contribution in [0, 0.1) is 0 Å². The van der Waals surface area contributed by atoms with Gasteiger partial charge in [-0.1, -0.05) is 29.3 Å². The van der Waals surface area contributed by atoms with E-state index in [4.69, 9.17) is 27.9 Å². The standard InChI is InChI=1S/C18H15Cl2NO3/c1-24-18(23)11-3-2-10-4-7-16(13(10)8-11)21-17(22)14-9-12(19)5-6-15(14)20/h2-3,5-6,8-9,16H,4,7H2,1H3,(H,21,22)/t16-/m1/s1. The number of carbonyl (C=O) groups is 2. The van der Waals surface area contributed by atoms with Crippen LogP contribution >= 0.6 is 23.2 Å². The van der Waals surface area contributed by atoms with Crippen molar-refractivity contribution in [2.24, 2.45) is 0 Å². The summed E-state index contributed by atoms with van der Waals surface area (Å²) in [6, 6.07) is 10.0. The van der Waals surface area contributed by atoms with Crippen LogP contribution in [0.4, 0.5) is 0 Å². The number of benzene rings is 2. The van der Waals surface area contributed by atoms with Crippen LogP contribution in [0.25, 0.3) is 0 Å². The van der Waals surface area contributed by atoms with E-state index >= 15 is 0 Å². The molecule has 0 saturated heterocycles. The van der Waals surface area contributed by atoms with Crippen molar-refractivity contribution in [3.8, 4) is 0 Å². The molecular formula is C18H15Cl2NO3. The molecule has 2 aromatic rings. The number of rotatable bonds is 3. The summed E-state index contributed by atoms with van der Waals surface area (Å²) < 4.78 is 4.75. The number of esters is 1. The number of hydrogen-bond acceptors (Lipinski definition) is 3. The average molecular weight is 364 g/mol. The molecule has 0 radical (unpaired) electrons. The maximum absolute atomic E-state index is 12.5. The fourth-order valence-electron chi connectivity index (χ4n) is 2.90. The Morgan fingerprint density at radius 1 is 1.17 bits per heavy atom. The van der Waals surface area contributed by atoms with Crippen molar-refractivity contribution < 1.29 is 14.3 Å². The zero-order valence-corrected chi connectivity index (χ0v) is 14.4. The van der Waals surface area contributed by atoms with E-state index in [1.165, 1.54) is 7.11 Å². The molecule has 0 spiro atoms. The molecule has 6 heteroatoms. The fraction of sp³-hybridized carbons (Fsp3) is 0.222. The third-order valence-corrected chi connectivity index (χ3v) is 4.69. The van der Waals surface area contributed by atoms with Gasteiger partial charge in [0.2, 0.25) is 0 Å². The molecule has 0 aliphatic heterocycles. The van der Waals surface area contributed by atoms with E-state index in [-0.39, 0.29) is 11.9 Å². The number of hydrogen-bond donors (Lipinski definition) is 1. The second-order valence-corrected chi connectivity index (χ2v) is 6.44. The highest BCUT2D eigenvalue weighted by atomic mass is 35.5. The number of aryl methyl sites for hydroxylation is 1. The average Bonchev–Trinajstić information content (AvgIpc) is 2.98. The number of fused-ring (bicyclic) bond motifs is 1. The van der Waals surface area contributed by atoms with E-state index in [0.717, 1.165) is 24.0 Å². The van der Waals surface area contributed by atoms with Crippen molar-refractivity contribution in [2.45, 2.75) is 18.9 Å². The summed E-state index contributed by atoms with van der Waals surface area (Å²) in [6.07, 6.45) is 1.61. The summed E-state index contributed by atoms with van der Waals surface area (Å²) in [5.74, 6) is -0.684. The van der Waals surface area contributed by atoms with Crippen LogP contribution in [-0.2, 0) is 11.2 Å². The van der Waals surface area contributed by atoms with Crippen molar-refractivity contribution in [1.29, 1.82) is 0 Å². The Kier molecular flexibility index (Phi) is 4.78. The summed E-state index contributed by atoms with van der Waals surface area (Å²) >= 11 is 12.0. The Morgan fingerprint density at radius 3 is 2.71 bits per heavy atom. The summed E-state index contributed by atoms with van der Waals surface area (Å²) in [4.78, 5) is 24.2. The van der Waals surface area contributed by atoms with Crippen LogP contribution in [0.2, 0.25) is 10.0 Å². The molecule has 4 nitrogen and oxygen atoms in total. The summed E-state index contributed by atoms with van der Waals surface area (Å²) in [7, 11) is 1.34. The maximum Gasteiger partial charge on any atom is 0.337 e. The molecule has 0 heterocycles. The topological polar surface area (TPSA) is 55.4 Å². The highest BCUT2D eigenvalue weighted by Crippen LogP contribution is 2.32. The molecule has 1 aliphatic carbocycles. The van der Waals surface area contributed by atoms with Crippen molar-refractivity contribution in [3.63, 3.8) is 0 Å². The van der Waals surface area contributed by atoms with Gasteiger partial charge in [-0.3, -0.25) is 4.79 Å². The summed E-state index contributed by atoms with van der Waals surface area (Å²) in [5, 5.41) is 3.76. The molecule has 24 heavy (non-hydrogen) atoms. The van der Waals surface area contributed by atoms with Gasteiger partial charge in [0.15, 0.2) is 0 Å². The molecule has 2 aromatic carbocycles. The normalized spacial score (nSPS) is 15.7. The SMILES string of the molecule is COC(=O)c1ccc2c(c1)[C@H](NC(=O)c1cc(Cl)ccc1Cl)CC2. The van der Waals surface area contributed by atoms with Gasteiger partial charge in [0.1, 0.15) is 0 Å². The van der Waals surface area contributed by atoms with Gasteiger partial charge in [-0.05, 0) is 54.3 Å². The quantitative estimate of drug-likeness (QED) is 0.831. The lowest BCUT2D eigenvalue weighted by Gasteiger charge is -2.15. The van der Waals surface area contributed by atoms with Gasteiger partial charge in [0.05, 0.1) is 29.3 Å². The number of ether oxygens (including phenoxy) is 1. The van der Waals surface area contributed by atoms with Gasteiger partial charge in [0, 0.05) is 5.02 Å². The predicted molar refractivity (Wildman–Crippen MR) is 92.8 cm³/mol. The molecule has 0 saturated carbocycles. The van der Waals surface area contributed by atoms with Gasteiger partial charge in [0.25, 0.3) is 5.91 Å². The van der Waals surface area contributed by atoms with E-state index < -0.39 is 5.97 Å². The first kappa shape index (κ1) is 16.8. The number of methoxy groups -OCH3 is 1. The molecule has 0 unspecified atom stereocenters. The third kappa shape index (κ3) is 3.25. The lowest BCUT2D eigenvalue weighted by atomic mass is 10.0. The Morgan fingerprint density at radius 2 is 1.96 bits per heavy atom. The Labute approximate surface area is 149 Å². The predicted octanol–water partition coefficient (Wildman–Crippen LogP) is 4.20. The van der Waals surface area contributed by atoms with Gasteiger partial charge in [-0.2, -0.15) is 0 Å². The first-order chi connectivity index (χ1) is 11.5. The minimum atomic E-state index is -0.396. The molecular weight excluding hydrogens is 349 g/mol. The van der Waals surface area contributed by atoms with Crippen molar-refractivity contribution >= 4 is 35.1 Å². The maximum atomic E-state index is 12.5. The minimum Gasteiger partial charge on any atom is -0.465 e. The molecule has 0 aromatic heterocycles. The number of amides is 1. The highest BCUT2D eigenvalue weighted by molar-refractivity contribution is 6.35. The summed E-state index contributed by atoms with van der Waals surface area (Å²) in [5.41, 5.74) is 2.86. The second kappa shape index (κ2) is 6.83. The number of carbonyl (C=O) groups excluding carboxylic acids is 2. The molecule has 124 valence electrons. The number of halogens is 2. The van der Waals surface area contributed by atoms with E-state index in [9.17, 15) is 9.59 Å². The lowest BCUT2D eigenvalue weighted by molar-refractivity contribution is 0.0600. The van der Waals surface area contributed by atoms with Gasteiger partial charge in [-0.25, -0.2) is 4.79 Å². The highest BCUT2D eigenvalue weighted by Gasteiger charge is 2.26. The smallest absolute Gasteiger partial charge is 0.337 e. The molecule has 3 rings (SSSR count). The molecule has 0 bridgehead atoms. The largest absolute Gasteiger partial charge is 0.465 e. The summed E-state index contributed by atoms with van der Waals surface area (Å²) in [6.45, 7) is 0. The van der Waals surface area contributed by atoms with E-state index in [2.05, 4.69) is 5.32 Å². The van der Waals surface area contributed by atoms with Crippen LogP contribution in [0.5, 0.6) is 0 Å². The van der Waals surface area contributed by atoms with Crippen molar-refractivity contribution in [2.75, 3.05) is 7.11 Å². The molecule has 1 amide bonds. The van der Waals surface area contributed by atoms with Crippen molar-refractivity contribution in [1.82, 2.24) is 5.32 Å². The van der Waals surface area contributed by atoms with Crippen LogP contribution in [0.3, 0.4) is 0 Å².